The molecule has 0 unspecified atom stereocenters. The highest BCUT2D eigenvalue weighted by Gasteiger charge is 2.33. The molecule has 2 aromatic rings. The van der Waals surface area contributed by atoms with Gasteiger partial charge in [-0.15, -0.1) is 0 Å². The summed E-state index contributed by atoms with van der Waals surface area (Å²) in [6.45, 7) is 11.9. The second-order valence-corrected chi connectivity index (χ2v) is 16.0. The highest BCUT2D eigenvalue weighted by molar-refractivity contribution is 6.76. The van der Waals surface area contributed by atoms with E-state index in [1.54, 1.807) is 15.2 Å². The van der Waals surface area contributed by atoms with E-state index in [1.165, 1.54) is 0 Å². The average Bonchev–Trinajstić information content (AvgIpc) is 3.52. The van der Waals surface area contributed by atoms with Gasteiger partial charge >= 0.3 is 11.9 Å². The third kappa shape index (κ3) is 5.54. The molecular weight excluding hydrogens is 480 g/mol. The van der Waals surface area contributed by atoms with Crippen molar-refractivity contribution in [1.82, 2.24) is 9.13 Å². The second-order valence-electron chi connectivity index (χ2n) is 10.4. The molecule has 2 heterocycles. The summed E-state index contributed by atoms with van der Waals surface area (Å²) in [4.78, 5) is 46.1. The predicted molar refractivity (Wildman–Crippen MR) is 137 cm³/mol. The molecule has 36 heavy (non-hydrogen) atoms. The number of carbonyl (C=O) groups excluding carboxylic acids is 2. The summed E-state index contributed by atoms with van der Waals surface area (Å²) in [7, 11) is -1.18. The summed E-state index contributed by atoms with van der Waals surface area (Å²) in [5.74, 6) is -1.85. The number of Topliss-reactive ketones (excluding diaryl/α,β-unsaturated/α-hetero) is 2. The van der Waals surface area contributed by atoms with Crippen molar-refractivity contribution in [3.8, 4) is 0 Å². The molecule has 4 rings (SSSR count). The van der Waals surface area contributed by atoms with Crippen LogP contribution in [0.5, 0.6) is 0 Å². The van der Waals surface area contributed by atoms with Crippen molar-refractivity contribution in [2.24, 2.45) is 0 Å². The first-order valence-corrected chi connectivity index (χ1v) is 16.2. The highest BCUT2D eigenvalue weighted by Crippen LogP contribution is 2.32. The number of rotatable bonds is 9. The first-order chi connectivity index (χ1) is 16.9. The molecule has 2 aliphatic rings. The molecule has 2 N–H and O–H groups in total. The smallest absolute Gasteiger partial charge is 0.352 e. The molecule has 196 valence electrons. The maximum atomic E-state index is 12.1. The molecule has 0 aliphatic heterocycles. The lowest BCUT2D eigenvalue weighted by molar-refractivity contribution is 0.0611. The van der Waals surface area contributed by atoms with Crippen LogP contribution in [-0.4, -0.2) is 57.5 Å². The summed E-state index contributed by atoms with van der Waals surface area (Å²) in [5.41, 5.74) is 4.21. The van der Waals surface area contributed by atoms with Crippen molar-refractivity contribution in [3.05, 3.63) is 45.5 Å². The Labute approximate surface area is 212 Å². The number of fused-ring (bicyclic) bond motifs is 2. The lowest BCUT2D eigenvalue weighted by Crippen LogP contribution is -2.23. The van der Waals surface area contributed by atoms with E-state index in [0.29, 0.717) is 56.6 Å². The van der Waals surface area contributed by atoms with Crippen LogP contribution in [0.3, 0.4) is 0 Å². The zero-order valence-electron chi connectivity index (χ0n) is 21.8. The van der Waals surface area contributed by atoms with Crippen LogP contribution in [0.4, 0.5) is 0 Å². The van der Waals surface area contributed by atoms with Crippen molar-refractivity contribution >= 4 is 31.6 Å². The number of hydrogen-bond donors (Lipinski definition) is 2. The lowest BCUT2D eigenvalue weighted by atomic mass is 10.1. The molecule has 0 saturated heterocycles. The molecule has 10 heteroatoms. The monoisotopic (exact) mass is 516 g/mol. The number of aromatic nitrogens is 2. The molecule has 2 aromatic heterocycles. The summed E-state index contributed by atoms with van der Waals surface area (Å²) in [6, 6.07) is 2.64. The number of carboxylic acid groups (broad SMARTS) is 2. The normalized spacial score (nSPS) is 14.5. The van der Waals surface area contributed by atoms with Crippen LogP contribution >= 0.6 is 0 Å². The largest absolute Gasteiger partial charge is 0.477 e. The van der Waals surface area contributed by atoms with Gasteiger partial charge in [0.25, 0.3) is 0 Å². The third-order valence-corrected chi connectivity index (χ3v) is 8.42. The number of aromatic carboxylic acids is 2. The maximum absolute atomic E-state index is 12.1. The Balaban J connectivity index is 0.000000221. The zero-order valence-corrected chi connectivity index (χ0v) is 22.8. The van der Waals surface area contributed by atoms with E-state index in [2.05, 4.69) is 19.6 Å². The average molecular weight is 517 g/mol. The number of carbonyl (C=O) groups is 4. The van der Waals surface area contributed by atoms with Gasteiger partial charge in [-0.3, -0.25) is 9.59 Å². The molecule has 0 bridgehead atoms. The summed E-state index contributed by atoms with van der Waals surface area (Å²) < 4.78 is 8.87. The van der Waals surface area contributed by atoms with Crippen LogP contribution in [0.25, 0.3) is 0 Å². The fraction of sp³-hybridized carbons (Fsp3) is 0.538. The van der Waals surface area contributed by atoms with E-state index in [-0.39, 0.29) is 29.7 Å². The standard InChI is InChI=1S/C16H25NO4Si.C10H11NO3/c1-5-11-12-6-7-13(18)14(12)17(15(11)16(19)20)10-21-8-9-22(2,3)4;1-2-11-7(10(13)14)5-6-3-4-8(12)9(6)11/h5-10H2,1-4H3,(H,19,20);5H,2-4H2,1H3,(H,13,14). The zero-order chi connectivity index (χ0) is 26.8. The fourth-order valence-corrected chi connectivity index (χ4v) is 5.71. The second kappa shape index (κ2) is 11.0. The molecule has 2 aliphatic carbocycles. The molecule has 0 amide bonds. The van der Waals surface area contributed by atoms with Gasteiger partial charge < -0.3 is 24.1 Å². The van der Waals surface area contributed by atoms with Gasteiger partial charge in [0.15, 0.2) is 11.6 Å². The van der Waals surface area contributed by atoms with E-state index >= 15 is 0 Å². The van der Waals surface area contributed by atoms with Crippen LogP contribution in [-0.2, 0) is 37.3 Å². The summed E-state index contributed by atoms with van der Waals surface area (Å²) >= 11 is 0. The minimum Gasteiger partial charge on any atom is -0.477 e. The first kappa shape index (κ1) is 27.6. The quantitative estimate of drug-likeness (QED) is 0.370. The third-order valence-electron chi connectivity index (χ3n) is 6.71. The van der Waals surface area contributed by atoms with E-state index in [0.717, 1.165) is 22.7 Å². The van der Waals surface area contributed by atoms with Gasteiger partial charge in [0.2, 0.25) is 0 Å². The number of nitrogens with zero attached hydrogens (tertiary/aromatic N) is 2. The number of carboxylic acids is 2. The number of aryl methyl sites for hydroxylation is 1. The van der Waals surface area contributed by atoms with Crippen molar-refractivity contribution < 1.29 is 34.1 Å². The molecule has 9 nitrogen and oxygen atoms in total. The van der Waals surface area contributed by atoms with E-state index in [1.807, 2.05) is 13.8 Å². The Hall–Kier alpha value is -2.98. The van der Waals surface area contributed by atoms with Crippen molar-refractivity contribution in [3.63, 3.8) is 0 Å². The van der Waals surface area contributed by atoms with Crippen LogP contribution < -0.4 is 0 Å². The topological polar surface area (TPSA) is 128 Å². The Morgan fingerprint density at radius 1 is 0.944 bits per heavy atom. The van der Waals surface area contributed by atoms with Gasteiger partial charge in [0, 0.05) is 34.1 Å². The lowest BCUT2D eigenvalue weighted by Gasteiger charge is -2.16. The number of ether oxygens (including phenoxy) is 1. The van der Waals surface area contributed by atoms with Crippen molar-refractivity contribution in [1.29, 1.82) is 0 Å². The molecule has 0 atom stereocenters. The van der Waals surface area contributed by atoms with Crippen LogP contribution in [0.2, 0.25) is 25.7 Å². The number of ketones is 2. The van der Waals surface area contributed by atoms with Crippen molar-refractivity contribution in [2.75, 3.05) is 6.61 Å². The first-order valence-electron chi connectivity index (χ1n) is 12.5. The van der Waals surface area contributed by atoms with Crippen LogP contribution in [0.1, 0.15) is 85.3 Å². The van der Waals surface area contributed by atoms with Crippen LogP contribution in [0, 0.1) is 0 Å². The summed E-state index contributed by atoms with van der Waals surface area (Å²) in [6.07, 6.45) is 2.96. The van der Waals surface area contributed by atoms with Gasteiger partial charge in [-0.1, -0.05) is 26.6 Å². The van der Waals surface area contributed by atoms with Crippen molar-refractivity contribution in [2.45, 2.75) is 84.9 Å². The van der Waals surface area contributed by atoms with Gasteiger partial charge in [-0.05, 0) is 55.0 Å². The Bertz CT molecular complexity index is 1200. The predicted octanol–water partition coefficient (Wildman–Crippen LogP) is 4.53. The van der Waals surface area contributed by atoms with Gasteiger partial charge in [0.1, 0.15) is 18.1 Å². The Kier molecular flexibility index (Phi) is 8.40. The SMILES string of the molecule is CCc1c2c(n(COCC[Si](C)(C)C)c1C(=O)O)C(=O)CC2.CCn1c(C(=O)O)cc2c1C(=O)CC2. The molecular formula is C26H36N2O7Si. The highest BCUT2D eigenvalue weighted by atomic mass is 28.3. The Morgan fingerprint density at radius 3 is 2.14 bits per heavy atom. The van der Waals surface area contributed by atoms with Gasteiger partial charge in [0.05, 0.1) is 11.4 Å². The van der Waals surface area contributed by atoms with Gasteiger partial charge in [-0.2, -0.15) is 0 Å². The Morgan fingerprint density at radius 2 is 1.58 bits per heavy atom. The minimum absolute atomic E-state index is 0.0333. The van der Waals surface area contributed by atoms with E-state index in [4.69, 9.17) is 9.84 Å². The fourth-order valence-electron chi connectivity index (χ4n) is 4.95. The van der Waals surface area contributed by atoms with Gasteiger partial charge in [-0.25, -0.2) is 9.59 Å². The molecule has 0 spiro atoms. The number of hydrogen-bond acceptors (Lipinski definition) is 5. The van der Waals surface area contributed by atoms with E-state index in [9.17, 15) is 24.3 Å². The maximum Gasteiger partial charge on any atom is 0.352 e. The minimum atomic E-state index is -1.18. The summed E-state index contributed by atoms with van der Waals surface area (Å²) in [5, 5.41) is 18.4. The van der Waals surface area contributed by atoms with Crippen LogP contribution in [0.15, 0.2) is 6.07 Å². The molecule has 0 radical (unpaired) electrons. The molecule has 0 aromatic carbocycles. The van der Waals surface area contributed by atoms with E-state index < -0.39 is 20.0 Å². The molecule has 0 saturated carbocycles. The molecule has 0 fully saturated rings.